The van der Waals surface area contributed by atoms with Crippen molar-refractivity contribution in [1.82, 2.24) is 9.97 Å². The van der Waals surface area contributed by atoms with Crippen molar-refractivity contribution in [1.29, 1.82) is 0 Å². The largest absolute Gasteiger partial charge is 0.417 e. The Morgan fingerprint density at radius 1 is 1.04 bits per heavy atom. The number of hydrogen-bond donors (Lipinski definition) is 2. The van der Waals surface area contributed by atoms with Gasteiger partial charge in [0.05, 0.1) is 26.6 Å². The highest BCUT2D eigenvalue weighted by Crippen LogP contribution is 2.34. The molecule has 0 atom stereocenters. The quantitative estimate of drug-likeness (QED) is 0.406. The van der Waals surface area contributed by atoms with Crippen LogP contribution in [-0.2, 0) is 0 Å². The number of aromatic nitrogens is 2. The van der Waals surface area contributed by atoms with Crippen molar-refractivity contribution in [3.63, 3.8) is 0 Å². The van der Waals surface area contributed by atoms with Gasteiger partial charge in [0.25, 0.3) is 0 Å². The molecule has 0 fully saturated rings. The highest BCUT2D eigenvalue weighted by Gasteiger charge is 2.14. The predicted octanol–water partition coefficient (Wildman–Crippen LogP) is 6.46. The number of halogens is 2. The lowest BCUT2D eigenvalue weighted by Crippen LogP contribution is -2.16. The van der Waals surface area contributed by atoms with Crippen LogP contribution in [0.25, 0.3) is 22.4 Å². The van der Waals surface area contributed by atoms with Crippen LogP contribution in [0.4, 0.5) is 10.5 Å². The van der Waals surface area contributed by atoms with Gasteiger partial charge in [0.15, 0.2) is 0 Å². The molecule has 0 aliphatic rings. The van der Waals surface area contributed by atoms with Crippen LogP contribution in [0.15, 0.2) is 60.7 Å². The minimum absolute atomic E-state index is 0.387. The van der Waals surface area contributed by atoms with Crippen molar-refractivity contribution in [3.8, 4) is 17.1 Å². The van der Waals surface area contributed by atoms with Gasteiger partial charge < -0.3 is 9.72 Å². The number of aromatic amines is 1. The lowest BCUT2D eigenvalue weighted by molar-refractivity contribution is 0.215. The number of nitrogens with zero attached hydrogens (tertiary/aromatic N) is 1. The van der Waals surface area contributed by atoms with E-state index in [0.717, 1.165) is 5.56 Å². The summed E-state index contributed by atoms with van der Waals surface area (Å²) < 4.78 is 5.37. The van der Waals surface area contributed by atoms with E-state index in [-0.39, 0.29) is 0 Å². The van der Waals surface area contributed by atoms with E-state index in [2.05, 4.69) is 15.3 Å². The Balaban J connectivity index is 1.56. The first-order valence-corrected chi connectivity index (χ1v) is 9.25. The maximum atomic E-state index is 12.1. The number of hydrogen-bond acceptors (Lipinski definition) is 3. The number of nitrogens with one attached hydrogen (secondary N) is 2. The number of imidazole rings is 1. The topological polar surface area (TPSA) is 67.0 Å². The Bertz CT molecular complexity index is 1150. The van der Waals surface area contributed by atoms with Gasteiger partial charge in [-0.1, -0.05) is 47.0 Å². The number of aryl methyl sites for hydroxylation is 1. The maximum absolute atomic E-state index is 12.1. The lowest BCUT2D eigenvalue weighted by atomic mass is 10.2. The van der Waals surface area contributed by atoms with Crippen LogP contribution in [0.3, 0.4) is 0 Å². The van der Waals surface area contributed by atoms with E-state index < -0.39 is 6.09 Å². The number of amides is 1. The number of H-pyrrole nitrogens is 1. The summed E-state index contributed by atoms with van der Waals surface area (Å²) in [5, 5.41) is 3.69. The molecule has 0 unspecified atom stereocenters. The molecule has 4 rings (SSSR count). The first kappa shape index (κ1) is 18.3. The summed E-state index contributed by atoms with van der Waals surface area (Å²) in [6, 6.07) is 17.9. The Morgan fingerprint density at radius 3 is 2.46 bits per heavy atom. The van der Waals surface area contributed by atoms with Crippen molar-refractivity contribution in [3.05, 3.63) is 76.3 Å². The van der Waals surface area contributed by atoms with Gasteiger partial charge in [-0.05, 0) is 43.3 Å². The van der Waals surface area contributed by atoms with Gasteiger partial charge in [-0.15, -0.1) is 0 Å². The number of ether oxygens (including phenoxy) is 1. The Kier molecular flexibility index (Phi) is 4.94. The summed E-state index contributed by atoms with van der Waals surface area (Å²) >= 11 is 12.5. The van der Waals surface area contributed by atoms with E-state index in [1.165, 1.54) is 0 Å². The smallest absolute Gasteiger partial charge is 0.410 e. The van der Waals surface area contributed by atoms with Gasteiger partial charge in [-0.25, -0.2) is 9.78 Å². The molecule has 7 heteroatoms. The van der Waals surface area contributed by atoms with Crippen LogP contribution < -0.4 is 10.1 Å². The summed E-state index contributed by atoms with van der Waals surface area (Å²) in [5.41, 5.74) is 3.80. The third-order valence-corrected chi connectivity index (χ3v) is 4.79. The van der Waals surface area contributed by atoms with Crippen molar-refractivity contribution >= 4 is 46.0 Å². The molecular weight excluding hydrogens is 397 g/mol. The van der Waals surface area contributed by atoms with E-state index in [1.807, 2.05) is 31.2 Å². The van der Waals surface area contributed by atoms with Crippen LogP contribution in [0.2, 0.25) is 10.0 Å². The average Bonchev–Trinajstić information content (AvgIpc) is 3.06. The SMILES string of the molecule is Cc1ccc(NC(=O)Oc2ccc3nc(-c4c(Cl)cccc4Cl)[nH]c3c2)cc1. The zero-order chi connectivity index (χ0) is 19.7. The molecule has 0 aliphatic carbocycles. The molecule has 0 spiro atoms. The number of benzene rings is 3. The number of carbonyl (C=O) groups is 1. The standard InChI is InChI=1S/C21H15Cl2N3O2/c1-12-5-7-13(8-6-12)24-21(27)28-14-9-10-17-18(11-14)26-20(25-17)19-15(22)3-2-4-16(19)23/h2-11H,1H3,(H,24,27)(H,25,26). The Hall–Kier alpha value is -3.02. The predicted molar refractivity (Wildman–Crippen MR) is 112 cm³/mol. The minimum Gasteiger partial charge on any atom is -0.410 e. The fraction of sp³-hybridized carbons (Fsp3) is 0.0476. The van der Waals surface area contributed by atoms with Crippen LogP contribution in [0, 0.1) is 6.92 Å². The van der Waals surface area contributed by atoms with E-state index >= 15 is 0 Å². The van der Waals surface area contributed by atoms with Crippen molar-refractivity contribution in [2.45, 2.75) is 6.92 Å². The third kappa shape index (κ3) is 3.81. The van der Waals surface area contributed by atoms with Gasteiger partial charge in [0.2, 0.25) is 0 Å². The van der Waals surface area contributed by atoms with Crippen LogP contribution in [0.1, 0.15) is 5.56 Å². The Morgan fingerprint density at radius 2 is 1.75 bits per heavy atom. The van der Waals surface area contributed by atoms with Crippen LogP contribution in [-0.4, -0.2) is 16.1 Å². The first-order valence-electron chi connectivity index (χ1n) is 8.49. The summed E-state index contributed by atoms with van der Waals surface area (Å²) in [6.45, 7) is 1.98. The number of rotatable bonds is 3. The molecule has 0 bridgehead atoms. The summed E-state index contributed by atoms with van der Waals surface area (Å²) in [7, 11) is 0. The molecule has 140 valence electrons. The van der Waals surface area contributed by atoms with Gasteiger partial charge >= 0.3 is 6.09 Å². The maximum Gasteiger partial charge on any atom is 0.417 e. The number of carbonyl (C=O) groups excluding carboxylic acids is 1. The molecule has 5 nitrogen and oxygen atoms in total. The molecule has 1 heterocycles. The average molecular weight is 412 g/mol. The van der Waals surface area contributed by atoms with Crippen LogP contribution >= 0.6 is 23.2 Å². The van der Waals surface area contributed by atoms with Crippen LogP contribution in [0.5, 0.6) is 5.75 Å². The van der Waals surface area contributed by atoms with Crippen molar-refractivity contribution < 1.29 is 9.53 Å². The van der Waals surface area contributed by atoms with Crippen molar-refractivity contribution in [2.24, 2.45) is 0 Å². The fourth-order valence-corrected chi connectivity index (χ4v) is 3.36. The second kappa shape index (κ2) is 7.54. The molecule has 0 saturated carbocycles. The molecule has 1 amide bonds. The second-order valence-electron chi connectivity index (χ2n) is 6.24. The Labute approximate surface area is 171 Å². The monoisotopic (exact) mass is 411 g/mol. The van der Waals surface area contributed by atoms with Gasteiger partial charge in [0, 0.05) is 11.8 Å². The highest BCUT2D eigenvalue weighted by atomic mass is 35.5. The van der Waals surface area contributed by atoms with E-state index in [9.17, 15) is 4.79 Å². The summed E-state index contributed by atoms with van der Waals surface area (Å²) in [6.07, 6.45) is -0.572. The molecule has 0 saturated heterocycles. The summed E-state index contributed by atoms with van der Waals surface area (Å²) in [5.74, 6) is 0.935. The third-order valence-electron chi connectivity index (χ3n) is 4.16. The molecule has 2 N–H and O–H groups in total. The van der Waals surface area contributed by atoms with Crippen molar-refractivity contribution in [2.75, 3.05) is 5.32 Å². The highest BCUT2D eigenvalue weighted by molar-refractivity contribution is 6.39. The molecule has 3 aromatic carbocycles. The fourth-order valence-electron chi connectivity index (χ4n) is 2.78. The lowest BCUT2D eigenvalue weighted by Gasteiger charge is -2.06. The van der Waals surface area contributed by atoms with E-state index in [0.29, 0.717) is 43.9 Å². The van der Waals surface area contributed by atoms with E-state index in [1.54, 1.807) is 36.4 Å². The number of fused-ring (bicyclic) bond motifs is 1. The summed E-state index contributed by atoms with van der Waals surface area (Å²) in [4.78, 5) is 19.8. The first-order chi connectivity index (χ1) is 13.5. The van der Waals surface area contributed by atoms with Gasteiger partial charge in [-0.2, -0.15) is 0 Å². The molecule has 0 radical (unpaired) electrons. The van der Waals surface area contributed by atoms with Gasteiger partial charge in [-0.3, -0.25) is 5.32 Å². The molecule has 28 heavy (non-hydrogen) atoms. The van der Waals surface area contributed by atoms with E-state index in [4.69, 9.17) is 27.9 Å². The minimum atomic E-state index is -0.572. The second-order valence-corrected chi connectivity index (χ2v) is 7.06. The zero-order valence-electron chi connectivity index (χ0n) is 14.8. The molecule has 4 aromatic rings. The zero-order valence-corrected chi connectivity index (χ0v) is 16.3. The molecule has 1 aromatic heterocycles. The molecular formula is C21H15Cl2N3O2. The van der Waals surface area contributed by atoms with Gasteiger partial charge in [0.1, 0.15) is 11.6 Å². The molecule has 0 aliphatic heterocycles. The number of anilines is 1. The normalized spacial score (nSPS) is 10.8.